The molecule has 1 saturated heterocycles. The highest BCUT2D eigenvalue weighted by Crippen LogP contribution is 2.41. The van der Waals surface area contributed by atoms with Gasteiger partial charge < -0.3 is 19.3 Å². The minimum Gasteiger partial charge on any atom is -0.489 e. The number of hydrogen-bond acceptors (Lipinski definition) is 5. The summed E-state index contributed by atoms with van der Waals surface area (Å²) in [7, 11) is 2.19. The fourth-order valence-corrected chi connectivity index (χ4v) is 6.59. The van der Waals surface area contributed by atoms with Crippen molar-refractivity contribution in [1.82, 2.24) is 9.80 Å². The summed E-state index contributed by atoms with van der Waals surface area (Å²) in [4.78, 5) is 20.3. The molecule has 0 bridgehead atoms. The van der Waals surface area contributed by atoms with E-state index in [-0.39, 0.29) is 5.92 Å². The topological polar surface area (TPSA) is 42.0 Å². The smallest absolute Gasteiger partial charge is 0.226 e. The Morgan fingerprint density at radius 2 is 1.97 bits per heavy atom. The van der Waals surface area contributed by atoms with Crippen LogP contribution < -0.4 is 9.47 Å². The highest BCUT2D eigenvalue weighted by molar-refractivity contribution is 7.15. The van der Waals surface area contributed by atoms with Crippen molar-refractivity contribution < 1.29 is 14.3 Å². The molecular formula is C28H38N2O3S. The summed E-state index contributed by atoms with van der Waals surface area (Å²) < 4.78 is 12.8. The Balaban J connectivity index is 1.41. The van der Waals surface area contributed by atoms with E-state index in [0.717, 1.165) is 42.0 Å². The van der Waals surface area contributed by atoms with Gasteiger partial charge in [0.1, 0.15) is 6.61 Å². The van der Waals surface area contributed by atoms with E-state index >= 15 is 0 Å². The van der Waals surface area contributed by atoms with Crippen molar-refractivity contribution in [2.75, 3.05) is 39.9 Å². The summed E-state index contributed by atoms with van der Waals surface area (Å²) in [6.07, 6.45) is 8.11. The molecule has 0 N–H and O–H groups in total. The lowest BCUT2D eigenvalue weighted by atomic mass is 9.88. The second-order valence-corrected chi connectivity index (χ2v) is 11.7. The molecule has 2 fully saturated rings. The second-order valence-electron chi connectivity index (χ2n) is 10.4. The van der Waals surface area contributed by atoms with Crippen LogP contribution in [0.5, 0.6) is 11.5 Å². The molecule has 1 aromatic heterocycles. The number of carbonyl (C=O) groups excluding carboxylic acids is 1. The molecule has 1 unspecified atom stereocenters. The number of carbonyl (C=O) groups is 1. The minimum absolute atomic E-state index is 0.178. The summed E-state index contributed by atoms with van der Waals surface area (Å²) in [6.45, 7) is 6.87. The van der Waals surface area contributed by atoms with E-state index in [1.807, 2.05) is 4.90 Å². The molecule has 3 aliphatic rings. The molecule has 1 aromatic carbocycles. The predicted molar refractivity (Wildman–Crippen MR) is 138 cm³/mol. The third-order valence-electron chi connectivity index (χ3n) is 7.59. The van der Waals surface area contributed by atoms with Gasteiger partial charge in [-0.2, -0.15) is 0 Å². The number of likely N-dealkylation sites (tertiary alicyclic amines) is 1. The maximum Gasteiger partial charge on any atom is 0.226 e. The molecule has 1 aliphatic carbocycles. The van der Waals surface area contributed by atoms with Gasteiger partial charge in [0, 0.05) is 40.2 Å². The first-order chi connectivity index (χ1) is 16.6. The molecule has 1 saturated carbocycles. The molecular weight excluding hydrogens is 444 g/mol. The molecule has 0 radical (unpaired) electrons. The van der Waals surface area contributed by atoms with Crippen LogP contribution in [-0.4, -0.2) is 55.6 Å². The van der Waals surface area contributed by atoms with Crippen molar-refractivity contribution >= 4 is 17.2 Å². The Hall–Kier alpha value is -2.05. The first-order valence-corrected chi connectivity index (χ1v) is 13.8. The summed E-state index contributed by atoms with van der Waals surface area (Å²) in [5, 5.41) is 0. The van der Waals surface area contributed by atoms with Gasteiger partial charge in [-0.3, -0.25) is 4.79 Å². The zero-order valence-corrected chi connectivity index (χ0v) is 21.5. The Bertz CT molecular complexity index is 998. The van der Waals surface area contributed by atoms with Gasteiger partial charge >= 0.3 is 0 Å². The molecule has 1 atom stereocenters. The van der Waals surface area contributed by atoms with Crippen LogP contribution in [0, 0.1) is 18.8 Å². The maximum absolute atomic E-state index is 13.4. The lowest BCUT2D eigenvalue weighted by Gasteiger charge is -2.29. The molecule has 184 valence electrons. The Kier molecular flexibility index (Phi) is 7.45. The Morgan fingerprint density at radius 1 is 1.12 bits per heavy atom. The third-order valence-corrected chi connectivity index (χ3v) is 8.64. The van der Waals surface area contributed by atoms with Gasteiger partial charge in [0.15, 0.2) is 11.5 Å². The van der Waals surface area contributed by atoms with Gasteiger partial charge in [0.25, 0.3) is 0 Å². The number of benzene rings is 1. The number of amides is 1. The van der Waals surface area contributed by atoms with E-state index in [1.165, 1.54) is 48.4 Å². The number of fused-ring (bicyclic) bond motifs is 1. The Labute approximate surface area is 208 Å². The first kappa shape index (κ1) is 23.7. The fourth-order valence-electron chi connectivity index (χ4n) is 5.74. The summed E-state index contributed by atoms with van der Waals surface area (Å²) >= 11 is 1.80. The van der Waals surface area contributed by atoms with Crippen molar-refractivity contribution in [3.8, 4) is 21.9 Å². The van der Waals surface area contributed by atoms with E-state index < -0.39 is 0 Å². The fraction of sp³-hybridized carbons (Fsp3) is 0.607. The standard InChI is InChI=1S/C28H38N2O3S/c1-20-10-11-26(34-20)23-15-24-18-30(28(31)22-8-4-3-5-9-22)13-14-32-27(24)25(16-23)33-19-21-7-6-12-29(2)17-21/h10-11,15-16,21-22H,3-9,12-14,17-19H2,1-2H3. The van der Waals surface area contributed by atoms with E-state index in [1.54, 1.807) is 11.3 Å². The van der Waals surface area contributed by atoms with E-state index in [2.05, 4.69) is 43.1 Å². The van der Waals surface area contributed by atoms with Crippen molar-refractivity contribution in [2.24, 2.45) is 11.8 Å². The van der Waals surface area contributed by atoms with Crippen LogP contribution in [-0.2, 0) is 11.3 Å². The number of hydrogen-bond donors (Lipinski definition) is 0. The lowest BCUT2D eigenvalue weighted by molar-refractivity contribution is -0.137. The van der Waals surface area contributed by atoms with Crippen LogP contribution in [0.2, 0.25) is 0 Å². The van der Waals surface area contributed by atoms with Gasteiger partial charge in [0.2, 0.25) is 5.91 Å². The number of thiophene rings is 1. The normalized spacial score (nSPS) is 22.1. The van der Waals surface area contributed by atoms with Crippen molar-refractivity contribution in [2.45, 2.75) is 58.4 Å². The van der Waals surface area contributed by atoms with Crippen LogP contribution in [0.4, 0.5) is 0 Å². The molecule has 2 aliphatic heterocycles. The van der Waals surface area contributed by atoms with Gasteiger partial charge in [-0.1, -0.05) is 19.3 Å². The van der Waals surface area contributed by atoms with Gasteiger partial charge in [-0.15, -0.1) is 11.3 Å². The number of nitrogens with zero attached hydrogens (tertiary/aromatic N) is 2. The van der Waals surface area contributed by atoms with E-state index in [0.29, 0.717) is 38.1 Å². The average molecular weight is 483 g/mol. The molecule has 5 nitrogen and oxygen atoms in total. The summed E-state index contributed by atoms with van der Waals surface area (Å²) in [5.74, 6) is 2.69. The SMILES string of the molecule is Cc1ccc(-c2cc3c(c(OCC4CCCN(C)C4)c2)OCCN(C(=O)C2CCCCC2)C3)s1. The number of piperidine rings is 1. The van der Waals surface area contributed by atoms with Crippen LogP contribution in [0.3, 0.4) is 0 Å². The average Bonchev–Trinajstić information content (AvgIpc) is 3.17. The van der Waals surface area contributed by atoms with Crippen LogP contribution >= 0.6 is 11.3 Å². The molecule has 6 heteroatoms. The zero-order chi connectivity index (χ0) is 23.5. The van der Waals surface area contributed by atoms with E-state index in [4.69, 9.17) is 9.47 Å². The third kappa shape index (κ3) is 5.44. The van der Waals surface area contributed by atoms with Crippen LogP contribution in [0.1, 0.15) is 55.4 Å². The summed E-state index contributed by atoms with van der Waals surface area (Å²) in [6, 6.07) is 8.72. The molecule has 34 heavy (non-hydrogen) atoms. The molecule has 3 heterocycles. The number of rotatable bonds is 5. The van der Waals surface area contributed by atoms with Crippen molar-refractivity contribution in [3.63, 3.8) is 0 Å². The largest absolute Gasteiger partial charge is 0.489 e. The number of ether oxygens (including phenoxy) is 2. The first-order valence-electron chi connectivity index (χ1n) is 13.0. The lowest BCUT2D eigenvalue weighted by Crippen LogP contribution is -2.37. The monoisotopic (exact) mass is 482 g/mol. The minimum atomic E-state index is 0.178. The van der Waals surface area contributed by atoms with Gasteiger partial charge in [-0.05, 0) is 76.0 Å². The highest BCUT2D eigenvalue weighted by atomic mass is 32.1. The Morgan fingerprint density at radius 3 is 2.74 bits per heavy atom. The number of aryl methyl sites for hydroxylation is 1. The van der Waals surface area contributed by atoms with Gasteiger partial charge in [0.05, 0.1) is 13.2 Å². The van der Waals surface area contributed by atoms with Gasteiger partial charge in [-0.25, -0.2) is 0 Å². The van der Waals surface area contributed by atoms with Crippen LogP contribution in [0.25, 0.3) is 10.4 Å². The van der Waals surface area contributed by atoms with Crippen molar-refractivity contribution in [3.05, 3.63) is 34.7 Å². The second kappa shape index (κ2) is 10.7. The molecule has 5 rings (SSSR count). The highest BCUT2D eigenvalue weighted by Gasteiger charge is 2.29. The van der Waals surface area contributed by atoms with Crippen LogP contribution in [0.15, 0.2) is 24.3 Å². The maximum atomic E-state index is 13.4. The predicted octanol–water partition coefficient (Wildman–Crippen LogP) is 5.75. The molecule has 1 amide bonds. The molecule has 0 spiro atoms. The zero-order valence-electron chi connectivity index (χ0n) is 20.7. The quantitative estimate of drug-likeness (QED) is 0.545. The van der Waals surface area contributed by atoms with E-state index in [9.17, 15) is 4.79 Å². The summed E-state index contributed by atoms with van der Waals surface area (Å²) in [5.41, 5.74) is 2.23. The van der Waals surface area contributed by atoms with Crippen molar-refractivity contribution in [1.29, 1.82) is 0 Å². The molecule has 2 aromatic rings.